The monoisotopic (exact) mass is 235 g/mol. The summed E-state index contributed by atoms with van der Waals surface area (Å²) in [7, 11) is 0. The molecule has 0 spiro atoms. The third-order valence-electron chi connectivity index (χ3n) is 2.80. The summed E-state index contributed by atoms with van der Waals surface area (Å²) in [4.78, 5) is 8.74. The van der Waals surface area contributed by atoms with Crippen LogP contribution in [0.25, 0.3) is 0 Å². The summed E-state index contributed by atoms with van der Waals surface area (Å²) >= 11 is 0. The minimum atomic E-state index is 0.449. The van der Waals surface area contributed by atoms with Gasteiger partial charge in [-0.1, -0.05) is 6.92 Å². The van der Waals surface area contributed by atoms with E-state index in [1.54, 1.807) is 0 Å². The number of anilines is 2. The zero-order valence-corrected chi connectivity index (χ0v) is 10.5. The van der Waals surface area contributed by atoms with Crippen molar-refractivity contribution >= 4 is 11.6 Å². The quantitative estimate of drug-likeness (QED) is 0.694. The van der Waals surface area contributed by atoms with E-state index in [-0.39, 0.29) is 0 Å². The number of hydrogen-bond acceptors (Lipinski definition) is 5. The van der Waals surface area contributed by atoms with Crippen LogP contribution in [0.4, 0.5) is 11.6 Å². The van der Waals surface area contributed by atoms with Gasteiger partial charge in [0.1, 0.15) is 17.5 Å². The van der Waals surface area contributed by atoms with Gasteiger partial charge in [-0.3, -0.25) is 0 Å². The molecule has 94 valence electrons. The molecule has 17 heavy (non-hydrogen) atoms. The zero-order chi connectivity index (χ0) is 12.3. The van der Waals surface area contributed by atoms with Gasteiger partial charge in [-0.2, -0.15) is 0 Å². The van der Waals surface area contributed by atoms with Crippen LogP contribution < -0.4 is 16.4 Å². The minimum absolute atomic E-state index is 0.449. The third kappa shape index (κ3) is 3.85. The highest BCUT2D eigenvalue weighted by atomic mass is 15.1. The molecule has 1 atom stereocenters. The number of nitrogens with zero attached hydrogens (tertiary/aromatic N) is 2. The SMILES string of the molecule is Cc1nc(NCC(C)CN)cc(NC2CC2)n1. The molecule has 1 saturated carbocycles. The van der Waals surface area contributed by atoms with Crippen molar-refractivity contribution in [2.75, 3.05) is 23.7 Å². The number of aryl methyl sites for hydroxylation is 1. The Morgan fingerprint density at radius 1 is 1.41 bits per heavy atom. The van der Waals surface area contributed by atoms with Crippen LogP contribution in [0.2, 0.25) is 0 Å². The van der Waals surface area contributed by atoms with Crippen molar-refractivity contribution in [3.63, 3.8) is 0 Å². The minimum Gasteiger partial charge on any atom is -0.370 e. The van der Waals surface area contributed by atoms with Gasteiger partial charge in [0.2, 0.25) is 0 Å². The number of nitrogens with one attached hydrogen (secondary N) is 2. The summed E-state index contributed by atoms with van der Waals surface area (Å²) in [6.45, 7) is 5.56. The van der Waals surface area contributed by atoms with Crippen molar-refractivity contribution in [3.05, 3.63) is 11.9 Å². The molecule has 1 aliphatic rings. The van der Waals surface area contributed by atoms with Gasteiger partial charge in [0.25, 0.3) is 0 Å². The van der Waals surface area contributed by atoms with Crippen molar-refractivity contribution < 1.29 is 0 Å². The van der Waals surface area contributed by atoms with Gasteiger partial charge in [0.15, 0.2) is 0 Å². The van der Waals surface area contributed by atoms with E-state index >= 15 is 0 Å². The van der Waals surface area contributed by atoms with Crippen LogP contribution in [0.5, 0.6) is 0 Å². The molecule has 0 aromatic carbocycles. The van der Waals surface area contributed by atoms with Crippen LogP contribution in [0.15, 0.2) is 6.07 Å². The lowest BCUT2D eigenvalue weighted by atomic mass is 10.2. The van der Waals surface area contributed by atoms with Crippen LogP contribution in [0.3, 0.4) is 0 Å². The van der Waals surface area contributed by atoms with Crippen molar-refractivity contribution in [3.8, 4) is 0 Å². The van der Waals surface area contributed by atoms with Gasteiger partial charge in [-0.25, -0.2) is 9.97 Å². The maximum Gasteiger partial charge on any atom is 0.132 e. The van der Waals surface area contributed by atoms with Crippen molar-refractivity contribution in [2.24, 2.45) is 11.7 Å². The first-order chi connectivity index (χ1) is 8.17. The first-order valence-corrected chi connectivity index (χ1v) is 6.23. The molecule has 0 saturated heterocycles. The Kier molecular flexibility index (Phi) is 3.78. The Hall–Kier alpha value is -1.36. The molecular formula is C12H21N5. The molecular weight excluding hydrogens is 214 g/mol. The van der Waals surface area contributed by atoms with Crippen LogP contribution >= 0.6 is 0 Å². The second kappa shape index (κ2) is 5.31. The first-order valence-electron chi connectivity index (χ1n) is 6.23. The lowest BCUT2D eigenvalue weighted by molar-refractivity contribution is 0.626. The smallest absolute Gasteiger partial charge is 0.132 e. The van der Waals surface area contributed by atoms with Crippen LogP contribution in [0, 0.1) is 12.8 Å². The van der Waals surface area contributed by atoms with Gasteiger partial charge >= 0.3 is 0 Å². The molecule has 5 heteroatoms. The first kappa shape index (κ1) is 12.1. The van der Waals surface area contributed by atoms with Crippen LogP contribution in [-0.2, 0) is 0 Å². The van der Waals surface area contributed by atoms with Crippen molar-refractivity contribution in [2.45, 2.75) is 32.7 Å². The maximum absolute atomic E-state index is 5.59. The molecule has 0 bridgehead atoms. The molecule has 2 rings (SSSR count). The molecule has 1 aromatic rings. The molecule has 0 radical (unpaired) electrons. The average Bonchev–Trinajstić information content (AvgIpc) is 3.09. The predicted octanol–water partition coefficient (Wildman–Crippen LogP) is 1.37. The highest BCUT2D eigenvalue weighted by molar-refractivity contribution is 5.48. The molecule has 0 aliphatic heterocycles. The molecule has 1 fully saturated rings. The number of hydrogen-bond donors (Lipinski definition) is 3. The van der Waals surface area contributed by atoms with E-state index in [4.69, 9.17) is 5.73 Å². The Morgan fingerprint density at radius 3 is 2.76 bits per heavy atom. The largest absolute Gasteiger partial charge is 0.370 e. The van der Waals surface area contributed by atoms with E-state index < -0.39 is 0 Å². The van der Waals surface area contributed by atoms with Gasteiger partial charge < -0.3 is 16.4 Å². The second-order valence-electron chi connectivity index (χ2n) is 4.83. The summed E-state index contributed by atoms with van der Waals surface area (Å²) in [6, 6.07) is 2.58. The topological polar surface area (TPSA) is 75.9 Å². The molecule has 1 unspecified atom stereocenters. The summed E-state index contributed by atoms with van der Waals surface area (Å²) < 4.78 is 0. The van der Waals surface area contributed by atoms with Crippen LogP contribution in [0.1, 0.15) is 25.6 Å². The summed E-state index contributed by atoms with van der Waals surface area (Å²) in [5.74, 6) is 3.03. The number of aromatic nitrogens is 2. The normalized spacial score (nSPS) is 16.6. The Labute approximate surface area is 102 Å². The van der Waals surface area contributed by atoms with E-state index in [0.717, 1.165) is 24.0 Å². The van der Waals surface area contributed by atoms with E-state index in [0.29, 0.717) is 18.5 Å². The zero-order valence-electron chi connectivity index (χ0n) is 10.5. The van der Waals surface area contributed by atoms with E-state index in [9.17, 15) is 0 Å². The highest BCUT2D eigenvalue weighted by Crippen LogP contribution is 2.24. The summed E-state index contributed by atoms with van der Waals surface area (Å²) in [6.07, 6.45) is 2.49. The molecule has 0 amide bonds. The van der Waals surface area contributed by atoms with Crippen molar-refractivity contribution in [1.29, 1.82) is 0 Å². The highest BCUT2D eigenvalue weighted by Gasteiger charge is 2.21. The standard InChI is InChI=1S/C12H21N5/c1-8(6-13)7-14-11-5-12(16-9(2)15-11)17-10-3-4-10/h5,8,10H,3-4,6-7,13H2,1-2H3,(H2,14,15,16,17). The molecule has 4 N–H and O–H groups in total. The van der Waals surface area contributed by atoms with Gasteiger partial charge in [-0.05, 0) is 32.2 Å². The summed E-state index contributed by atoms with van der Waals surface area (Å²) in [5.41, 5.74) is 5.59. The number of rotatable bonds is 6. The predicted molar refractivity (Wildman–Crippen MR) is 70.1 cm³/mol. The summed E-state index contributed by atoms with van der Waals surface area (Å²) in [5, 5.41) is 6.68. The van der Waals surface area contributed by atoms with Gasteiger partial charge in [0.05, 0.1) is 0 Å². The average molecular weight is 235 g/mol. The molecule has 1 heterocycles. The maximum atomic E-state index is 5.59. The van der Waals surface area contributed by atoms with Gasteiger partial charge in [-0.15, -0.1) is 0 Å². The fraction of sp³-hybridized carbons (Fsp3) is 0.667. The van der Waals surface area contributed by atoms with E-state index in [1.165, 1.54) is 12.8 Å². The van der Waals surface area contributed by atoms with Crippen molar-refractivity contribution in [1.82, 2.24) is 9.97 Å². The van der Waals surface area contributed by atoms with Gasteiger partial charge in [0, 0.05) is 18.7 Å². The third-order valence-corrected chi connectivity index (χ3v) is 2.80. The second-order valence-corrected chi connectivity index (χ2v) is 4.83. The number of nitrogens with two attached hydrogens (primary N) is 1. The lowest BCUT2D eigenvalue weighted by Crippen LogP contribution is -2.20. The lowest BCUT2D eigenvalue weighted by Gasteiger charge is -2.12. The Bertz CT molecular complexity index is 375. The fourth-order valence-corrected chi connectivity index (χ4v) is 1.53. The molecule has 1 aliphatic carbocycles. The van der Waals surface area contributed by atoms with E-state index in [1.807, 2.05) is 13.0 Å². The molecule has 5 nitrogen and oxygen atoms in total. The Morgan fingerprint density at radius 2 is 2.12 bits per heavy atom. The molecule has 1 aromatic heterocycles. The van der Waals surface area contributed by atoms with E-state index in [2.05, 4.69) is 27.5 Å². The van der Waals surface area contributed by atoms with Crippen LogP contribution in [-0.4, -0.2) is 29.1 Å². The fourth-order valence-electron chi connectivity index (χ4n) is 1.53. The Balaban J connectivity index is 1.97.